The van der Waals surface area contributed by atoms with E-state index in [1.807, 2.05) is 0 Å². The number of nitrogens with zero attached hydrogens (tertiary/aromatic N) is 3. The van der Waals surface area contributed by atoms with Crippen LogP contribution in [0.3, 0.4) is 0 Å². The predicted octanol–water partition coefficient (Wildman–Crippen LogP) is 1.33. The van der Waals surface area contributed by atoms with Gasteiger partial charge in [0.1, 0.15) is 13.1 Å². The number of carbonyl (C=O) groups is 2. The molecule has 8 heteroatoms. The molecule has 0 spiro atoms. The van der Waals surface area contributed by atoms with Crippen LogP contribution in [0.1, 0.15) is 11.4 Å². The highest BCUT2D eigenvalue weighted by atomic mass is 16.5. The molecule has 0 unspecified atom stereocenters. The normalized spacial score (nSPS) is 10.5. The Morgan fingerprint density at radius 2 is 1.82 bits per heavy atom. The van der Waals surface area contributed by atoms with E-state index in [9.17, 15) is 9.59 Å². The van der Waals surface area contributed by atoms with Crippen molar-refractivity contribution < 1.29 is 24.3 Å². The third-order valence-electron chi connectivity index (χ3n) is 2.96. The third-order valence-corrected chi connectivity index (χ3v) is 2.96. The van der Waals surface area contributed by atoms with Crippen molar-refractivity contribution >= 4 is 17.6 Å². The zero-order valence-corrected chi connectivity index (χ0v) is 12.1. The van der Waals surface area contributed by atoms with Gasteiger partial charge in [-0.3, -0.25) is 9.59 Å². The van der Waals surface area contributed by atoms with Crippen LogP contribution in [0.2, 0.25) is 0 Å². The Hall–Kier alpha value is -2.90. The average Bonchev–Trinajstić information content (AvgIpc) is 2.83. The topological polar surface area (TPSA) is 117 Å². The number of hydrogen-bond acceptors (Lipinski definition) is 6. The lowest BCUT2D eigenvalue weighted by atomic mass is 10.1. The third kappa shape index (κ3) is 3.60. The van der Waals surface area contributed by atoms with Gasteiger partial charge in [0.15, 0.2) is 5.82 Å². The van der Waals surface area contributed by atoms with E-state index in [0.717, 1.165) is 5.56 Å². The summed E-state index contributed by atoms with van der Waals surface area (Å²) in [5, 5.41) is 21.5. The fourth-order valence-electron chi connectivity index (χ4n) is 2.11. The van der Waals surface area contributed by atoms with Crippen molar-refractivity contribution in [1.82, 2.24) is 10.1 Å². The molecule has 2 rings (SSSR count). The number of benzene rings is 1. The molecule has 0 amide bonds. The van der Waals surface area contributed by atoms with Gasteiger partial charge in [0, 0.05) is 11.3 Å². The van der Waals surface area contributed by atoms with E-state index in [1.54, 1.807) is 32.0 Å². The maximum Gasteiger partial charge on any atom is 0.323 e. The van der Waals surface area contributed by atoms with Gasteiger partial charge in [0.25, 0.3) is 5.89 Å². The first-order valence-corrected chi connectivity index (χ1v) is 6.46. The maximum absolute atomic E-state index is 10.9. The summed E-state index contributed by atoms with van der Waals surface area (Å²) >= 11 is 0. The van der Waals surface area contributed by atoms with Gasteiger partial charge >= 0.3 is 11.9 Å². The molecule has 0 aliphatic rings. The van der Waals surface area contributed by atoms with Crippen LogP contribution in [0, 0.1) is 13.8 Å². The molecular formula is C14H15N3O5. The molecule has 8 nitrogen and oxygen atoms in total. The second-order valence-electron chi connectivity index (χ2n) is 4.79. The number of anilines is 1. The Morgan fingerprint density at radius 1 is 1.18 bits per heavy atom. The van der Waals surface area contributed by atoms with E-state index in [0.29, 0.717) is 23.0 Å². The van der Waals surface area contributed by atoms with Crippen LogP contribution in [0.15, 0.2) is 22.7 Å². The van der Waals surface area contributed by atoms with Crippen LogP contribution >= 0.6 is 0 Å². The molecular weight excluding hydrogens is 290 g/mol. The minimum absolute atomic E-state index is 0.357. The van der Waals surface area contributed by atoms with Crippen LogP contribution in [0.25, 0.3) is 11.5 Å². The van der Waals surface area contributed by atoms with E-state index >= 15 is 0 Å². The summed E-state index contributed by atoms with van der Waals surface area (Å²) in [6.45, 7) is 2.67. The zero-order valence-electron chi connectivity index (χ0n) is 12.1. The summed E-state index contributed by atoms with van der Waals surface area (Å²) < 4.78 is 5.07. The minimum Gasteiger partial charge on any atom is -0.480 e. The molecule has 0 fully saturated rings. The highest BCUT2D eigenvalue weighted by molar-refractivity contribution is 5.80. The SMILES string of the molecule is Cc1noc(-c2ccc(N(CC(=O)O)CC(=O)O)c(C)c2)n1. The number of carboxylic acids is 2. The van der Waals surface area contributed by atoms with E-state index in [2.05, 4.69) is 10.1 Å². The van der Waals surface area contributed by atoms with Crippen molar-refractivity contribution in [2.24, 2.45) is 0 Å². The first-order chi connectivity index (χ1) is 10.4. The van der Waals surface area contributed by atoms with Gasteiger partial charge in [-0.25, -0.2) is 0 Å². The molecule has 2 aromatic rings. The Bertz CT molecular complexity index is 694. The van der Waals surface area contributed by atoms with Gasteiger partial charge in [-0.15, -0.1) is 0 Å². The Balaban J connectivity index is 2.33. The number of aryl methyl sites for hydroxylation is 2. The van der Waals surface area contributed by atoms with Crippen molar-refractivity contribution in [3.8, 4) is 11.5 Å². The summed E-state index contributed by atoms with van der Waals surface area (Å²) in [6.07, 6.45) is 0. The molecule has 2 N–H and O–H groups in total. The van der Waals surface area contributed by atoms with Crippen LogP contribution in [0.4, 0.5) is 5.69 Å². The average molecular weight is 305 g/mol. The van der Waals surface area contributed by atoms with Crippen LogP contribution < -0.4 is 4.90 Å². The molecule has 22 heavy (non-hydrogen) atoms. The van der Waals surface area contributed by atoms with Crippen molar-refractivity contribution in [1.29, 1.82) is 0 Å². The fourth-order valence-corrected chi connectivity index (χ4v) is 2.11. The molecule has 0 saturated heterocycles. The smallest absolute Gasteiger partial charge is 0.323 e. The zero-order chi connectivity index (χ0) is 16.3. The minimum atomic E-state index is -1.10. The number of aromatic nitrogens is 2. The molecule has 0 aliphatic carbocycles. The molecule has 0 aliphatic heterocycles. The first kappa shape index (κ1) is 15.5. The number of hydrogen-bond donors (Lipinski definition) is 2. The van der Waals surface area contributed by atoms with Gasteiger partial charge in [0.05, 0.1) is 0 Å². The lowest BCUT2D eigenvalue weighted by Gasteiger charge is -2.22. The largest absolute Gasteiger partial charge is 0.480 e. The summed E-state index contributed by atoms with van der Waals surface area (Å²) in [5.74, 6) is -1.33. The summed E-state index contributed by atoms with van der Waals surface area (Å²) in [5.41, 5.74) is 1.94. The maximum atomic E-state index is 10.9. The van der Waals surface area contributed by atoms with Crippen LogP contribution in [-0.4, -0.2) is 45.4 Å². The van der Waals surface area contributed by atoms with Crippen molar-refractivity contribution in [2.45, 2.75) is 13.8 Å². The Morgan fingerprint density at radius 3 is 2.27 bits per heavy atom. The van der Waals surface area contributed by atoms with Gasteiger partial charge < -0.3 is 19.6 Å². The van der Waals surface area contributed by atoms with Gasteiger partial charge in [0.2, 0.25) is 0 Å². The molecule has 1 aromatic heterocycles. The molecule has 116 valence electrons. The molecule has 1 heterocycles. The van der Waals surface area contributed by atoms with Crippen LogP contribution in [0.5, 0.6) is 0 Å². The lowest BCUT2D eigenvalue weighted by Crippen LogP contribution is -2.34. The molecule has 0 bridgehead atoms. The predicted molar refractivity (Wildman–Crippen MR) is 76.7 cm³/mol. The second-order valence-corrected chi connectivity index (χ2v) is 4.79. The summed E-state index contributed by atoms with van der Waals surface area (Å²) in [4.78, 5) is 27.2. The number of aliphatic carboxylic acids is 2. The van der Waals surface area contributed by atoms with Crippen molar-refractivity contribution in [2.75, 3.05) is 18.0 Å². The van der Waals surface area contributed by atoms with E-state index in [1.165, 1.54) is 4.90 Å². The second kappa shape index (κ2) is 6.25. The molecule has 0 radical (unpaired) electrons. The number of rotatable bonds is 6. The highest BCUT2D eigenvalue weighted by Crippen LogP contribution is 2.26. The van der Waals surface area contributed by atoms with Crippen LogP contribution in [-0.2, 0) is 9.59 Å². The Labute approximate surface area is 126 Å². The standard InChI is InChI=1S/C14H15N3O5/c1-8-5-10(14-15-9(2)16-22-14)3-4-11(8)17(6-12(18)19)7-13(20)21/h3-5H,6-7H2,1-2H3,(H,18,19)(H,20,21). The summed E-state index contributed by atoms with van der Waals surface area (Å²) in [7, 11) is 0. The van der Waals surface area contributed by atoms with E-state index in [4.69, 9.17) is 14.7 Å². The highest BCUT2D eigenvalue weighted by Gasteiger charge is 2.17. The monoisotopic (exact) mass is 305 g/mol. The first-order valence-electron chi connectivity index (χ1n) is 6.46. The molecule has 0 atom stereocenters. The van der Waals surface area contributed by atoms with E-state index < -0.39 is 25.0 Å². The summed E-state index contributed by atoms with van der Waals surface area (Å²) in [6, 6.07) is 5.08. The Kier molecular flexibility index (Phi) is 4.40. The van der Waals surface area contributed by atoms with Crippen molar-refractivity contribution in [3.63, 3.8) is 0 Å². The quantitative estimate of drug-likeness (QED) is 0.820. The van der Waals surface area contributed by atoms with Gasteiger partial charge in [-0.05, 0) is 37.6 Å². The van der Waals surface area contributed by atoms with E-state index in [-0.39, 0.29) is 0 Å². The molecule has 1 aromatic carbocycles. The van der Waals surface area contributed by atoms with Crippen molar-refractivity contribution in [3.05, 3.63) is 29.6 Å². The number of carboxylic acid groups (broad SMARTS) is 2. The fraction of sp³-hybridized carbons (Fsp3) is 0.286. The van der Waals surface area contributed by atoms with Gasteiger partial charge in [-0.2, -0.15) is 4.98 Å². The molecule has 0 saturated carbocycles. The van der Waals surface area contributed by atoms with Gasteiger partial charge in [-0.1, -0.05) is 5.16 Å². The lowest BCUT2D eigenvalue weighted by molar-refractivity contribution is -0.136.